The van der Waals surface area contributed by atoms with E-state index in [1.54, 1.807) is 20.0 Å². The molecule has 0 amide bonds. The molecule has 1 aliphatic rings. The molecule has 2 rings (SSSR count). The van der Waals surface area contributed by atoms with E-state index in [0.29, 0.717) is 24.2 Å². The maximum atomic E-state index is 12.4. The van der Waals surface area contributed by atoms with Crippen LogP contribution in [-0.2, 0) is 16.6 Å². The average molecular weight is 317 g/mol. The van der Waals surface area contributed by atoms with Gasteiger partial charge in [0.2, 0.25) is 10.0 Å². The first-order valence-corrected chi connectivity index (χ1v) is 8.71. The van der Waals surface area contributed by atoms with Gasteiger partial charge in [-0.25, -0.2) is 12.7 Å². The molecule has 0 saturated heterocycles. The van der Waals surface area contributed by atoms with Gasteiger partial charge < -0.3 is 5.32 Å². The second-order valence-corrected chi connectivity index (χ2v) is 8.25. The number of halogens is 1. The molecule has 4 nitrogen and oxygen atoms in total. The third-order valence-electron chi connectivity index (χ3n) is 3.57. The van der Waals surface area contributed by atoms with E-state index in [0.717, 1.165) is 18.4 Å². The number of hydrogen-bond acceptors (Lipinski definition) is 3. The van der Waals surface area contributed by atoms with Crippen LogP contribution in [0.5, 0.6) is 0 Å². The Hall–Kier alpha value is -0.620. The quantitative estimate of drug-likeness (QED) is 0.839. The van der Waals surface area contributed by atoms with Crippen molar-refractivity contribution in [2.75, 3.05) is 13.6 Å². The first kappa shape index (κ1) is 15.8. The number of nitrogens with zero attached hydrogens (tertiary/aromatic N) is 1. The summed E-state index contributed by atoms with van der Waals surface area (Å²) in [5.41, 5.74) is 0.822. The Labute approximate surface area is 126 Å². The summed E-state index contributed by atoms with van der Waals surface area (Å²) < 4.78 is 26.2. The fraction of sp³-hybridized carbons (Fsp3) is 0.571. The molecule has 0 spiro atoms. The van der Waals surface area contributed by atoms with Gasteiger partial charge in [0, 0.05) is 31.2 Å². The number of sulfonamides is 1. The highest BCUT2D eigenvalue weighted by Crippen LogP contribution is 2.21. The fourth-order valence-corrected chi connectivity index (χ4v) is 3.42. The van der Waals surface area contributed by atoms with E-state index in [4.69, 9.17) is 11.6 Å². The molecule has 112 valence electrons. The van der Waals surface area contributed by atoms with Crippen LogP contribution in [0.1, 0.15) is 25.3 Å². The molecule has 0 radical (unpaired) electrons. The molecule has 1 atom stereocenters. The van der Waals surface area contributed by atoms with Crippen LogP contribution in [0.2, 0.25) is 5.02 Å². The standard InChI is InChI=1S/C14H21ClN2O2S/c1-11(9-16-13-7-8-13)20(18,19)17(2)10-12-5-3-4-6-14(12)15/h3-6,11,13,16H,7-10H2,1-2H3. The van der Waals surface area contributed by atoms with Crippen molar-refractivity contribution < 1.29 is 8.42 Å². The van der Waals surface area contributed by atoms with Gasteiger partial charge in [0.25, 0.3) is 0 Å². The van der Waals surface area contributed by atoms with Crippen LogP contribution in [-0.4, -0.2) is 37.6 Å². The highest BCUT2D eigenvalue weighted by Gasteiger charge is 2.28. The predicted octanol–water partition coefficient (Wildman–Crippen LogP) is 2.24. The first-order valence-electron chi connectivity index (χ1n) is 6.83. The molecular weight excluding hydrogens is 296 g/mol. The van der Waals surface area contributed by atoms with Crippen LogP contribution in [0.25, 0.3) is 0 Å². The highest BCUT2D eigenvalue weighted by atomic mass is 35.5. The number of hydrogen-bond donors (Lipinski definition) is 1. The summed E-state index contributed by atoms with van der Waals surface area (Å²) in [5, 5.41) is 3.42. The van der Waals surface area contributed by atoms with Crippen LogP contribution < -0.4 is 5.32 Å². The van der Waals surface area contributed by atoms with Crippen LogP contribution in [0.15, 0.2) is 24.3 Å². The van der Waals surface area contributed by atoms with Crippen molar-refractivity contribution in [2.45, 2.75) is 37.6 Å². The summed E-state index contributed by atoms with van der Waals surface area (Å²) in [5.74, 6) is 0. The van der Waals surface area contributed by atoms with Crippen molar-refractivity contribution in [1.82, 2.24) is 9.62 Å². The topological polar surface area (TPSA) is 49.4 Å². The van der Waals surface area contributed by atoms with Gasteiger partial charge in [-0.3, -0.25) is 0 Å². The van der Waals surface area contributed by atoms with E-state index in [-0.39, 0.29) is 0 Å². The lowest BCUT2D eigenvalue weighted by Gasteiger charge is -2.22. The largest absolute Gasteiger partial charge is 0.313 e. The van der Waals surface area contributed by atoms with E-state index in [2.05, 4.69) is 5.32 Å². The molecule has 1 aromatic carbocycles. The Morgan fingerprint density at radius 1 is 1.40 bits per heavy atom. The highest BCUT2D eigenvalue weighted by molar-refractivity contribution is 7.89. The van der Waals surface area contributed by atoms with E-state index in [9.17, 15) is 8.42 Å². The molecule has 1 aromatic rings. The van der Waals surface area contributed by atoms with Crippen molar-refractivity contribution in [1.29, 1.82) is 0 Å². The lowest BCUT2D eigenvalue weighted by Crippen LogP contribution is -2.40. The van der Waals surface area contributed by atoms with Gasteiger partial charge in [-0.15, -0.1) is 0 Å². The Bertz CT molecular complexity index is 558. The fourth-order valence-electron chi connectivity index (χ4n) is 1.99. The molecule has 1 aliphatic carbocycles. The van der Waals surface area contributed by atoms with E-state index in [1.807, 2.05) is 18.2 Å². The zero-order valence-corrected chi connectivity index (χ0v) is 13.4. The van der Waals surface area contributed by atoms with Crippen LogP contribution in [0, 0.1) is 0 Å². The van der Waals surface area contributed by atoms with Crippen LogP contribution in [0.3, 0.4) is 0 Å². The second kappa shape index (κ2) is 6.43. The monoisotopic (exact) mass is 316 g/mol. The van der Waals surface area contributed by atoms with Crippen LogP contribution >= 0.6 is 11.6 Å². The Morgan fingerprint density at radius 2 is 2.05 bits per heavy atom. The number of nitrogens with one attached hydrogen (secondary N) is 1. The summed E-state index contributed by atoms with van der Waals surface area (Å²) >= 11 is 6.08. The van der Waals surface area contributed by atoms with Gasteiger partial charge in [-0.2, -0.15) is 0 Å². The predicted molar refractivity (Wildman–Crippen MR) is 82.3 cm³/mol. The van der Waals surface area contributed by atoms with Gasteiger partial charge in [-0.05, 0) is 31.4 Å². The maximum Gasteiger partial charge on any atom is 0.218 e. The first-order chi connectivity index (χ1) is 9.41. The molecular formula is C14H21ClN2O2S. The SMILES string of the molecule is CC(CNC1CC1)S(=O)(=O)N(C)Cc1ccccc1Cl. The molecule has 1 saturated carbocycles. The molecule has 1 fully saturated rings. The van der Waals surface area contributed by atoms with Crippen molar-refractivity contribution >= 4 is 21.6 Å². The van der Waals surface area contributed by atoms with Gasteiger partial charge in [0.15, 0.2) is 0 Å². The summed E-state index contributed by atoms with van der Waals surface area (Å²) in [6.07, 6.45) is 2.31. The lowest BCUT2D eigenvalue weighted by molar-refractivity contribution is 0.453. The average Bonchev–Trinajstić information content (AvgIpc) is 3.22. The van der Waals surface area contributed by atoms with E-state index >= 15 is 0 Å². The lowest BCUT2D eigenvalue weighted by atomic mass is 10.2. The Morgan fingerprint density at radius 3 is 2.65 bits per heavy atom. The Balaban J connectivity index is 1.98. The van der Waals surface area contributed by atoms with E-state index < -0.39 is 15.3 Å². The molecule has 6 heteroatoms. The number of rotatable bonds is 7. The summed E-state index contributed by atoms with van der Waals surface area (Å²) in [6, 6.07) is 7.83. The molecule has 0 heterocycles. The van der Waals surface area contributed by atoms with Crippen LogP contribution in [0.4, 0.5) is 0 Å². The third-order valence-corrected chi connectivity index (χ3v) is 6.12. The van der Waals surface area contributed by atoms with Gasteiger partial charge in [-0.1, -0.05) is 29.8 Å². The van der Waals surface area contributed by atoms with Crippen molar-refractivity contribution in [2.24, 2.45) is 0 Å². The zero-order chi connectivity index (χ0) is 14.8. The summed E-state index contributed by atoms with van der Waals surface area (Å²) in [4.78, 5) is 0. The number of benzene rings is 1. The molecule has 1 unspecified atom stereocenters. The zero-order valence-electron chi connectivity index (χ0n) is 11.8. The van der Waals surface area contributed by atoms with Crippen molar-refractivity contribution in [3.05, 3.63) is 34.9 Å². The minimum atomic E-state index is -3.31. The maximum absolute atomic E-state index is 12.4. The van der Waals surface area contributed by atoms with Gasteiger partial charge in [0.1, 0.15) is 0 Å². The van der Waals surface area contributed by atoms with Crippen molar-refractivity contribution in [3.63, 3.8) is 0 Å². The molecule has 1 N–H and O–H groups in total. The summed E-state index contributed by atoms with van der Waals surface area (Å²) in [6.45, 7) is 2.55. The second-order valence-electron chi connectivity index (χ2n) is 5.39. The normalized spacial score (nSPS) is 17.4. The molecule has 0 aromatic heterocycles. The van der Waals surface area contributed by atoms with Crippen molar-refractivity contribution in [3.8, 4) is 0 Å². The Kier molecular flexibility index (Phi) is 5.07. The third kappa shape index (κ3) is 3.95. The van der Waals surface area contributed by atoms with E-state index in [1.165, 1.54) is 4.31 Å². The summed E-state index contributed by atoms with van der Waals surface area (Å²) in [7, 11) is -1.71. The molecule has 0 bridgehead atoms. The minimum absolute atomic E-state index is 0.301. The molecule has 20 heavy (non-hydrogen) atoms. The van der Waals surface area contributed by atoms with Gasteiger partial charge >= 0.3 is 0 Å². The molecule has 0 aliphatic heterocycles. The smallest absolute Gasteiger partial charge is 0.218 e. The minimum Gasteiger partial charge on any atom is -0.313 e. The van der Waals surface area contributed by atoms with Gasteiger partial charge in [0.05, 0.1) is 5.25 Å².